The summed E-state index contributed by atoms with van der Waals surface area (Å²) in [6, 6.07) is 11.1. The number of carbonyl (C=O) groups excluding carboxylic acids is 1. The van der Waals surface area contributed by atoms with Gasteiger partial charge in [0.15, 0.2) is 0 Å². The van der Waals surface area contributed by atoms with Crippen molar-refractivity contribution in [1.29, 1.82) is 0 Å². The van der Waals surface area contributed by atoms with Gasteiger partial charge in [0.1, 0.15) is 0 Å². The third kappa shape index (κ3) is 2.33. The first-order chi connectivity index (χ1) is 10.8. The lowest BCUT2D eigenvalue weighted by Gasteiger charge is -2.31. The maximum Gasteiger partial charge on any atom is 0.263 e. The van der Waals surface area contributed by atoms with Crippen LogP contribution >= 0.6 is 22.7 Å². The second-order valence-electron chi connectivity index (χ2n) is 5.76. The Morgan fingerprint density at radius 1 is 1.18 bits per heavy atom. The van der Waals surface area contributed by atoms with Crippen molar-refractivity contribution in [2.75, 3.05) is 20.1 Å². The van der Waals surface area contributed by atoms with Crippen molar-refractivity contribution in [1.82, 2.24) is 10.2 Å². The molecule has 5 heteroatoms. The van der Waals surface area contributed by atoms with Gasteiger partial charge in [-0.1, -0.05) is 18.2 Å². The molecule has 1 saturated heterocycles. The number of likely N-dealkylation sites (tertiary alicyclic amines) is 1. The second kappa shape index (κ2) is 5.65. The summed E-state index contributed by atoms with van der Waals surface area (Å²) >= 11 is 3.43. The number of thiophene rings is 2. The van der Waals surface area contributed by atoms with Gasteiger partial charge in [0.25, 0.3) is 5.91 Å². The molecule has 1 aliphatic heterocycles. The molecule has 0 saturated carbocycles. The van der Waals surface area contributed by atoms with Gasteiger partial charge < -0.3 is 10.2 Å². The highest BCUT2D eigenvalue weighted by Crippen LogP contribution is 2.39. The summed E-state index contributed by atoms with van der Waals surface area (Å²) in [5.74, 6) is 0.201. The largest absolute Gasteiger partial charge is 0.338 e. The first-order valence-corrected chi connectivity index (χ1v) is 9.27. The zero-order valence-corrected chi connectivity index (χ0v) is 14.1. The van der Waals surface area contributed by atoms with Crippen LogP contribution in [-0.4, -0.2) is 37.0 Å². The Bertz CT molecular complexity index is 828. The van der Waals surface area contributed by atoms with Crippen molar-refractivity contribution in [3.8, 4) is 0 Å². The second-order valence-corrected chi connectivity index (χ2v) is 7.89. The lowest BCUT2D eigenvalue weighted by atomic mass is 10.1. The number of hydrogen-bond donors (Lipinski definition) is 1. The van der Waals surface area contributed by atoms with Crippen LogP contribution in [0.5, 0.6) is 0 Å². The van der Waals surface area contributed by atoms with Crippen LogP contribution in [0.15, 0.2) is 30.3 Å². The molecule has 0 bridgehead atoms. The van der Waals surface area contributed by atoms with Crippen LogP contribution in [0.4, 0.5) is 0 Å². The number of nitrogens with one attached hydrogen (secondary N) is 1. The predicted molar refractivity (Wildman–Crippen MR) is 95.2 cm³/mol. The number of carbonyl (C=O) groups is 1. The van der Waals surface area contributed by atoms with E-state index in [9.17, 15) is 4.79 Å². The predicted octanol–water partition coefficient (Wildman–Crippen LogP) is 3.94. The molecule has 0 spiro atoms. The molecular formula is C17H18N2OS2. The summed E-state index contributed by atoms with van der Waals surface area (Å²) in [6.07, 6.45) is 2.09. The molecule has 1 amide bonds. The van der Waals surface area contributed by atoms with Crippen molar-refractivity contribution < 1.29 is 4.79 Å². The fraction of sp³-hybridized carbons (Fsp3) is 0.353. The summed E-state index contributed by atoms with van der Waals surface area (Å²) < 4.78 is 3.80. The molecule has 0 aliphatic carbocycles. The first kappa shape index (κ1) is 14.2. The van der Waals surface area contributed by atoms with Crippen molar-refractivity contribution in [3.05, 3.63) is 35.2 Å². The van der Waals surface area contributed by atoms with E-state index >= 15 is 0 Å². The van der Waals surface area contributed by atoms with E-state index in [1.807, 2.05) is 11.9 Å². The van der Waals surface area contributed by atoms with Gasteiger partial charge >= 0.3 is 0 Å². The lowest BCUT2D eigenvalue weighted by molar-refractivity contribution is 0.0712. The molecule has 1 fully saturated rings. The molecule has 0 atom stereocenters. The highest BCUT2D eigenvalue weighted by Gasteiger charge is 2.24. The number of hydrogen-bond acceptors (Lipinski definition) is 4. The van der Waals surface area contributed by atoms with Crippen molar-refractivity contribution in [2.24, 2.45) is 0 Å². The molecule has 114 valence electrons. The van der Waals surface area contributed by atoms with Gasteiger partial charge in [-0.3, -0.25) is 4.79 Å². The van der Waals surface area contributed by atoms with Crippen molar-refractivity contribution >= 4 is 48.1 Å². The molecule has 3 heterocycles. The Kier molecular flexibility index (Phi) is 3.64. The van der Waals surface area contributed by atoms with Gasteiger partial charge in [-0.05, 0) is 32.0 Å². The third-order valence-electron chi connectivity index (χ3n) is 4.45. The molecule has 2 aromatic heterocycles. The molecular weight excluding hydrogens is 312 g/mol. The van der Waals surface area contributed by atoms with E-state index in [0.29, 0.717) is 6.04 Å². The number of piperidine rings is 1. The zero-order chi connectivity index (χ0) is 15.1. The molecule has 1 N–H and O–H groups in total. The average molecular weight is 330 g/mol. The summed E-state index contributed by atoms with van der Waals surface area (Å²) in [4.78, 5) is 15.6. The van der Waals surface area contributed by atoms with Crippen LogP contribution in [-0.2, 0) is 0 Å². The molecule has 0 radical (unpaired) electrons. The van der Waals surface area contributed by atoms with Crippen LogP contribution in [0.1, 0.15) is 22.5 Å². The Labute approximate surface area is 137 Å². The Balaban J connectivity index is 1.62. The van der Waals surface area contributed by atoms with Crippen LogP contribution in [0.3, 0.4) is 0 Å². The summed E-state index contributed by atoms with van der Waals surface area (Å²) in [7, 11) is 2.00. The Morgan fingerprint density at radius 2 is 1.95 bits per heavy atom. The Morgan fingerprint density at radius 3 is 2.73 bits per heavy atom. The number of benzene rings is 1. The molecule has 22 heavy (non-hydrogen) atoms. The average Bonchev–Trinajstić information content (AvgIpc) is 3.12. The first-order valence-electron chi connectivity index (χ1n) is 7.64. The van der Waals surface area contributed by atoms with Crippen LogP contribution < -0.4 is 5.32 Å². The number of rotatable bonds is 2. The van der Waals surface area contributed by atoms with Crippen LogP contribution in [0.2, 0.25) is 0 Å². The summed E-state index contributed by atoms with van der Waals surface area (Å²) in [5, 5.41) is 4.59. The summed E-state index contributed by atoms with van der Waals surface area (Å²) in [5.41, 5.74) is 0. The van der Waals surface area contributed by atoms with Crippen LogP contribution in [0.25, 0.3) is 19.5 Å². The highest BCUT2D eigenvalue weighted by molar-refractivity contribution is 7.33. The van der Waals surface area contributed by atoms with E-state index in [1.165, 1.54) is 19.5 Å². The molecule has 3 nitrogen and oxygen atoms in total. The SMILES string of the molecule is CNC1CCN(C(=O)c2cc3sc4ccccc4c3s2)CC1. The van der Waals surface area contributed by atoms with Gasteiger partial charge in [0.2, 0.25) is 0 Å². The molecule has 1 aromatic carbocycles. The zero-order valence-electron chi connectivity index (χ0n) is 12.5. The van der Waals surface area contributed by atoms with Gasteiger partial charge in [-0.15, -0.1) is 22.7 Å². The van der Waals surface area contributed by atoms with Gasteiger partial charge in [0, 0.05) is 33.9 Å². The van der Waals surface area contributed by atoms with Crippen LogP contribution in [0, 0.1) is 0 Å². The molecule has 3 aromatic rings. The number of nitrogens with zero attached hydrogens (tertiary/aromatic N) is 1. The van der Waals surface area contributed by atoms with E-state index in [-0.39, 0.29) is 5.91 Å². The molecule has 1 aliphatic rings. The maximum atomic E-state index is 12.7. The van der Waals surface area contributed by atoms with E-state index in [0.717, 1.165) is 30.8 Å². The Hall–Kier alpha value is -1.43. The van der Waals surface area contributed by atoms with Crippen molar-refractivity contribution in [2.45, 2.75) is 18.9 Å². The van der Waals surface area contributed by atoms with E-state index < -0.39 is 0 Å². The quantitative estimate of drug-likeness (QED) is 0.772. The fourth-order valence-electron chi connectivity index (χ4n) is 3.13. The lowest BCUT2D eigenvalue weighted by Crippen LogP contribution is -2.43. The minimum atomic E-state index is 0.201. The molecule has 0 unspecified atom stereocenters. The minimum absolute atomic E-state index is 0.201. The summed E-state index contributed by atoms with van der Waals surface area (Å²) in [6.45, 7) is 1.72. The normalized spacial score (nSPS) is 16.7. The standard InChI is InChI=1S/C17H18N2OS2/c1-18-11-6-8-19(9-7-11)17(20)15-10-14-16(22-15)12-4-2-3-5-13(12)21-14/h2-5,10-11,18H,6-9H2,1H3. The van der Waals surface area contributed by atoms with E-state index in [2.05, 4.69) is 35.6 Å². The monoisotopic (exact) mass is 330 g/mol. The smallest absolute Gasteiger partial charge is 0.263 e. The molecule has 4 rings (SSSR count). The number of fused-ring (bicyclic) bond motifs is 3. The van der Waals surface area contributed by atoms with Gasteiger partial charge in [0.05, 0.1) is 9.58 Å². The minimum Gasteiger partial charge on any atom is -0.338 e. The van der Waals surface area contributed by atoms with Gasteiger partial charge in [-0.2, -0.15) is 0 Å². The van der Waals surface area contributed by atoms with E-state index in [1.54, 1.807) is 22.7 Å². The topological polar surface area (TPSA) is 32.3 Å². The van der Waals surface area contributed by atoms with Gasteiger partial charge in [-0.25, -0.2) is 0 Å². The fourth-order valence-corrected chi connectivity index (χ4v) is 5.62. The van der Waals surface area contributed by atoms with Crippen molar-refractivity contribution in [3.63, 3.8) is 0 Å². The third-order valence-corrected chi connectivity index (χ3v) is 6.85. The van der Waals surface area contributed by atoms with E-state index in [4.69, 9.17) is 0 Å². The highest BCUT2D eigenvalue weighted by atomic mass is 32.1. The maximum absolute atomic E-state index is 12.7. The number of amides is 1.